The number of benzene rings is 4. The van der Waals surface area contributed by atoms with Gasteiger partial charge in [0.25, 0.3) is 0 Å². The van der Waals surface area contributed by atoms with Gasteiger partial charge in [0.2, 0.25) is 11.4 Å². The first-order valence-corrected chi connectivity index (χ1v) is 38.4. The summed E-state index contributed by atoms with van der Waals surface area (Å²) in [5.74, 6) is 7.03. The Labute approximate surface area is 572 Å². The van der Waals surface area contributed by atoms with E-state index in [1.807, 2.05) is 60.7 Å². The molecule has 0 atom stereocenters. The number of hydrogen-bond acceptors (Lipinski definition) is 2. The van der Waals surface area contributed by atoms with Crippen molar-refractivity contribution in [1.82, 2.24) is 0 Å². The van der Waals surface area contributed by atoms with Crippen molar-refractivity contribution in [2.24, 2.45) is 0 Å². The maximum absolute atomic E-state index is 12.0. The molecular weight excluding hydrogens is 1150 g/mol. The minimum atomic E-state index is 0. The van der Waals surface area contributed by atoms with E-state index < -0.39 is 0 Å². The zero-order valence-corrected chi connectivity index (χ0v) is 60.0. The van der Waals surface area contributed by atoms with Crippen molar-refractivity contribution in [1.29, 1.82) is 0 Å². The summed E-state index contributed by atoms with van der Waals surface area (Å²) in [5.41, 5.74) is 22.0. The summed E-state index contributed by atoms with van der Waals surface area (Å²) in [7, 11) is 0. The summed E-state index contributed by atoms with van der Waals surface area (Å²) >= 11 is 0. The van der Waals surface area contributed by atoms with Gasteiger partial charge in [0.1, 0.15) is 0 Å². The monoisotopic (exact) mass is 1290 g/mol. The first-order valence-electron chi connectivity index (χ1n) is 38.4. The number of aryl methyl sites for hydroxylation is 2. The molecule has 1 aliphatic heterocycles. The van der Waals surface area contributed by atoms with Gasteiger partial charge in [0.15, 0.2) is 0 Å². The predicted octanol–water partition coefficient (Wildman–Crippen LogP) is 27.1. The van der Waals surface area contributed by atoms with Crippen LogP contribution in [0.3, 0.4) is 0 Å². The van der Waals surface area contributed by atoms with E-state index in [-0.39, 0.29) is 29.7 Å². The average molecular weight is 1290 g/mol. The average Bonchev–Trinajstić information content (AvgIpc) is 1.66. The van der Waals surface area contributed by atoms with Crippen LogP contribution < -0.4 is 0 Å². The van der Waals surface area contributed by atoms with E-state index in [4.69, 9.17) is 10.2 Å². The van der Waals surface area contributed by atoms with Crippen molar-refractivity contribution in [2.75, 3.05) is 0 Å². The van der Waals surface area contributed by atoms with Gasteiger partial charge in [-0.2, -0.15) is 0 Å². The van der Waals surface area contributed by atoms with Crippen LogP contribution in [-0.4, -0.2) is 14.9 Å². The maximum atomic E-state index is 12.0. The van der Waals surface area contributed by atoms with Crippen LogP contribution in [0.4, 0.5) is 0 Å². The Bertz CT molecular complexity index is 2360. The maximum Gasteiger partial charge on any atom is 0.211 e. The van der Waals surface area contributed by atoms with Crippen LogP contribution in [0.2, 0.25) is 0 Å². The van der Waals surface area contributed by atoms with E-state index in [0.717, 1.165) is 72.2 Å². The molecule has 1 aliphatic rings. The van der Waals surface area contributed by atoms with Crippen LogP contribution in [-0.2, 0) is 42.5 Å². The number of aliphatic hydroxyl groups is 2. The number of rotatable bonds is 54. The predicted molar refractivity (Wildman–Crippen MR) is 395 cm³/mol. The molecule has 1 heterocycles. The minimum absolute atomic E-state index is 0. The van der Waals surface area contributed by atoms with E-state index in [2.05, 4.69) is 87.2 Å². The largest absolute Gasteiger partial charge is 0.493 e. The molecule has 2 N–H and O–H groups in total. The van der Waals surface area contributed by atoms with Crippen molar-refractivity contribution >= 4 is 11.4 Å². The molecule has 0 bridgehead atoms. The molecule has 0 aliphatic carbocycles. The normalized spacial score (nSPS) is 11.8. The van der Waals surface area contributed by atoms with Crippen LogP contribution in [0.1, 0.15) is 369 Å². The molecule has 91 heavy (non-hydrogen) atoms. The molecule has 4 aromatic carbocycles. The van der Waals surface area contributed by atoms with Crippen molar-refractivity contribution in [3.63, 3.8) is 0 Å². The van der Waals surface area contributed by atoms with E-state index >= 15 is 0 Å². The van der Waals surface area contributed by atoms with Gasteiger partial charge in [-0.1, -0.05) is 388 Å². The molecule has 0 fully saturated rings. The van der Waals surface area contributed by atoms with E-state index in [9.17, 15) is 5.53 Å². The molecule has 5 heteroatoms. The Morgan fingerprint density at radius 2 is 0.659 bits per heavy atom. The summed E-state index contributed by atoms with van der Waals surface area (Å²) in [5, 5.41) is 17.1. The molecule has 512 valence electrons. The first-order chi connectivity index (χ1) is 44.6. The molecule has 0 amide bonds. The summed E-state index contributed by atoms with van der Waals surface area (Å²) < 4.78 is 1.52. The van der Waals surface area contributed by atoms with Crippen LogP contribution in [0.25, 0.3) is 16.9 Å². The molecule has 0 aromatic heterocycles. The van der Waals surface area contributed by atoms with Gasteiger partial charge >= 0.3 is 0 Å². The summed E-state index contributed by atoms with van der Waals surface area (Å²) in [6.07, 6.45) is 71.9. The van der Waals surface area contributed by atoms with Gasteiger partial charge in [-0.15, -0.1) is 11.8 Å². The van der Waals surface area contributed by atoms with E-state index in [0.29, 0.717) is 0 Å². The third-order valence-corrected chi connectivity index (χ3v) is 18.5. The molecular formula is C86H136N2NiO2. The smallest absolute Gasteiger partial charge is 0.211 e. The molecule has 0 unspecified atom stereocenters. The van der Waals surface area contributed by atoms with Gasteiger partial charge in [0.05, 0.1) is 13.2 Å². The standard InChI is InChI=1S/C72H120N2.2C7H8O.Ni/c1-4-7-10-12-14-16-18-20-22-24-26-28-29-30-31-32-34-36-38-40-42-44-46-48-50-53-59-67-60-54-55-63-70(67)72-69(61-51-9-6-3)65-71(74(72)73)68-62-56-58-66(64-68)57-52-49-47-45-43-41-39-37-35-33-27-25-23-21-19-17-15-13-11-8-5-2;2*8-6-7-4-2-1-3-5-7;/h54-56,58,60,62-65H,4-47,49,51-53,57,59,61H2,1-3H3;2*1-5,8H,6H2;. The van der Waals surface area contributed by atoms with Gasteiger partial charge in [-0.05, 0) is 79.0 Å². The number of hydrogen-bond donors (Lipinski definition) is 2. The third kappa shape index (κ3) is 44.3. The molecule has 5 rings (SSSR count). The number of aliphatic hydroxyl groups excluding tert-OH is 2. The minimum Gasteiger partial charge on any atom is -0.493 e. The second-order valence-corrected chi connectivity index (χ2v) is 26.7. The zero-order chi connectivity index (χ0) is 64.1. The topological polar surface area (TPSA) is 65.8 Å². The first kappa shape index (κ1) is 83.0. The van der Waals surface area contributed by atoms with Crippen molar-refractivity contribution in [3.8, 4) is 11.8 Å². The molecule has 0 radical (unpaired) electrons. The zero-order valence-electron chi connectivity index (χ0n) is 59.1. The fourth-order valence-electron chi connectivity index (χ4n) is 12.8. The summed E-state index contributed by atoms with van der Waals surface area (Å²) in [6.45, 7) is 7.17. The second kappa shape index (κ2) is 62.1. The van der Waals surface area contributed by atoms with Crippen molar-refractivity contribution in [2.45, 2.75) is 361 Å². The van der Waals surface area contributed by atoms with Crippen LogP contribution in [0.5, 0.6) is 0 Å². The molecule has 4 aromatic rings. The van der Waals surface area contributed by atoms with Gasteiger partial charge in [-0.3, -0.25) is 0 Å². The Morgan fingerprint density at radius 1 is 0.330 bits per heavy atom. The Balaban J connectivity index is 0.00000143. The Hall–Kier alpha value is -4.07. The molecule has 0 spiro atoms. The van der Waals surface area contributed by atoms with Gasteiger partial charge in [-0.25, -0.2) is 4.70 Å². The third-order valence-electron chi connectivity index (χ3n) is 18.5. The number of allylic oxidation sites excluding steroid dienone is 2. The second-order valence-electron chi connectivity index (χ2n) is 26.7. The summed E-state index contributed by atoms with van der Waals surface area (Å²) in [6, 6.07) is 36.8. The van der Waals surface area contributed by atoms with Crippen molar-refractivity contribution < 1.29 is 31.4 Å². The van der Waals surface area contributed by atoms with Crippen molar-refractivity contribution in [3.05, 3.63) is 160 Å². The SMILES string of the molecule is CCCCCCCCCCCCCCCCCCCCCCCCC#CCCc1ccccc1C1=C(CCCCC)C=C(c2cccc(CCCCCCCCCCCCCCCCCCCCCCC)c2)[N+]1=[N-].OCc1ccccc1.OCc1ccccc1.[Ni]. The fraction of sp³-hybridized carbons (Fsp3) is 0.651. The van der Waals surface area contributed by atoms with E-state index in [1.54, 1.807) is 0 Å². The Kier molecular flexibility index (Phi) is 56.6. The number of unbranched alkanes of at least 4 members (excludes halogenated alkanes) is 44. The van der Waals surface area contributed by atoms with Crippen LogP contribution >= 0.6 is 0 Å². The molecule has 0 saturated heterocycles. The molecule has 4 nitrogen and oxygen atoms in total. The quantitative estimate of drug-likeness (QED) is 0.0200. The van der Waals surface area contributed by atoms with Gasteiger partial charge < -0.3 is 15.7 Å². The molecule has 0 saturated carbocycles. The van der Waals surface area contributed by atoms with Crippen LogP contribution in [0, 0.1) is 11.8 Å². The van der Waals surface area contributed by atoms with E-state index in [1.165, 1.54) is 310 Å². The van der Waals surface area contributed by atoms with Gasteiger partial charge in [0, 0.05) is 52.1 Å². The Morgan fingerprint density at radius 3 is 1.05 bits per heavy atom. The van der Waals surface area contributed by atoms with Crippen LogP contribution in [0.15, 0.2) is 121 Å². The number of nitrogens with zero attached hydrogens (tertiary/aromatic N) is 2. The fourth-order valence-corrected chi connectivity index (χ4v) is 12.8. The summed E-state index contributed by atoms with van der Waals surface area (Å²) in [4.78, 5) is 0.